The first kappa shape index (κ1) is 13.4. The molecule has 2 rings (SSSR count). The van der Waals surface area contributed by atoms with Crippen LogP contribution in [-0.2, 0) is 6.54 Å². The van der Waals surface area contributed by atoms with Crippen LogP contribution in [0.2, 0.25) is 0 Å². The normalized spacial score (nSPS) is 16.1. The van der Waals surface area contributed by atoms with E-state index in [0.29, 0.717) is 0 Å². The van der Waals surface area contributed by atoms with Crippen LogP contribution in [0, 0.1) is 5.92 Å². The minimum atomic E-state index is 0.233. The van der Waals surface area contributed by atoms with Crippen molar-refractivity contribution in [3.05, 3.63) is 29.8 Å². The molecule has 0 amide bonds. The van der Waals surface area contributed by atoms with Gasteiger partial charge in [-0.15, -0.1) is 0 Å². The Balaban J connectivity index is 1.92. The van der Waals surface area contributed by atoms with E-state index in [1.807, 2.05) is 6.07 Å². The zero-order chi connectivity index (χ0) is 13.2. The van der Waals surface area contributed by atoms with Gasteiger partial charge in [0.1, 0.15) is 5.75 Å². The zero-order valence-electron chi connectivity index (χ0n) is 12.0. The predicted octanol–water partition coefficient (Wildman–Crippen LogP) is 3.75. The molecule has 0 spiro atoms. The van der Waals surface area contributed by atoms with Crippen molar-refractivity contribution < 1.29 is 4.74 Å². The molecule has 0 aliphatic heterocycles. The largest absolute Gasteiger partial charge is 0.491 e. The summed E-state index contributed by atoms with van der Waals surface area (Å²) < 4.78 is 5.72. The summed E-state index contributed by atoms with van der Waals surface area (Å²) in [5.41, 5.74) is 1.55. The average Bonchev–Trinajstić information content (AvgIpc) is 3.10. The molecule has 1 aromatic carbocycles. The van der Waals surface area contributed by atoms with E-state index >= 15 is 0 Å². The molecule has 1 N–H and O–H groups in total. The summed E-state index contributed by atoms with van der Waals surface area (Å²) >= 11 is 0. The van der Waals surface area contributed by atoms with Crippen molar-refractivity contribution >= 4 is 0 Å². The summed E-state index contributed by atoms with van der Waals surface area (Å²) in [7, 11) is 0. The molecule has 0 bridgehead atoms. The van der Waals surface area contributed by atoms with Gasteiger partial charge in [-0.2, -0.15) is 0 Å². The van der Waals surface area contributed by atoms with Crippen LogP contribution in [0.5, 0.6) is 5.75 Å². The number of rotatable bonds is 6. The molecule has 1 aromatic rings. The summed E-state index contributed by atoms with van der Waals surface area (Å²) in [6.07, 6.45) is 2.98. The highest BCUT2D eigenvalue weighted by atomic mass is 16.5. The first-order chi connectivity index (χ1) is 8.47. The second-order valence-electron chi connectivity index (χ2n) is 6.16. The van der Waals surface area contributed by atoms with Gasteiger partial charge in [-0.1, -0.05) is 12.1 Å². The van der Waals surface area contributed by atoms with Gasteiger partial charge < -0.3 is 10.1 Å². The molecule has 100 valence electrons. The molecule has 18 heavy (non-hydrogen) atoms. The van der Waals surface area contributed by atoms with Gasteiger partial charge in [0.2, 0.25) is 0 Å². The monoisotopic (exact) mass is 247 g/mol. The fourth-order valence-electron chi connectivity index (χ4n) is 2.28. The van der Waals surface area contributed by atoms with Crippen LogP contribution in [-0.4, -0.2) is 11.6 Å². The lowest BCUT2D eigenvalue weighted by atomic mass is 9.98. The van der Waals surface area contributed by atoms with E-state index in [2.05, 4.69) is 51.2 Å². The van der Waals surface area contributed by atoms with Gasteiger partial charge >= 0.3 is 0 Å². The third-order valence-corrected chi connectivity index (χ3v) is 3.62. The summed E-state index contributed by atoms with van der Waals surface area (Å²) in [5.74, 6) is 1.82. The minimum Gasteiger partial charge on any atom is -0.491 e. The molecule has 1 aliphatic rings. The van der Waals surface area contributed by atoms with Crippen LogP contribution in [0.1, 0.15) is 46.1 Å². The van der Waals surface area contributed by atoms with Gasteiger partial charge in [0.05, 0.1) is 6.10 Å². The van der Waals surface area contributed by atoms with Crippen molar-refractivity contribution in [2.75, 3.05) is 0 Å². The molecule has 1 fully saturated rings. The first-order valence-corrected chi connectivity index (χ1v) is 6.98. The van der Waals surface area contributed by atoms with Crippen molar-refractivity contribution in [2.24, 2.45) is 5.92 Å². The molecule has 2 nitrogen and oxygen atoms in total. The first-order valence-electron chi connectivity index (χ1n) is 6.98. The molecule has 0 radical (unpaired) electrons. The Morgan fingerprint density at radius 1 is 1.33 bits per heavy atom. The lowest BCUT2D eigenvalue weighted by Gasteiger charge is -2.26. The third-order valence-electron chi connectivity index (χ3n) is 3.62. The maximum Gasteiger partial charge on any atom is 0.120 e. The van der Waals surface area contributed by atoms with Crippen molar-refractivity contribution in [1.29, 1.82) is 0 Å². The van der Waals surface area contributed by atoms with Crippen LogP contribution in [0.15, 0.2) is 24.3 Å². The fraction of sp³-hybridized carbons (Fsp3) is 0.625. The lowest BCUT2D eigenvalue weighted by molar-refractivity contribution is 0.242. The highest BCUT2D eigenvalue weighted by Gasteiger charge is 2.37. The molecule has 0 atom stereocenters. The van der Waals surface area contributed by atoms with Gasteiger partial charge in [-0.05, 0) is 64.2 Å². The van der Waals surface area contributed by atoms with Crippen LogP contribution in [0.25, 0.3) is 0 Å². The smallest absolute Gasteiger partial charge is 0.120 e. The van der Waals surface area contributed by atoms with Crippen LogP contribution in [0.4, 0.5) is 0 Å². The van der Waals surface area contributed by atoms with Crippen molar-refractivity contribution in [2.45, 2.75) is 58.7 Å². The van der Waals surface area contributed by atoms with Gasteiger partial charge in [-0.3, -0.25) is 0 Å². The third kappa shape index (κ3) is 3.74. The second kappa shape index (κ2) is 5.31. The van der Waals surface area contributed by atoms with E-state index in [4.69, 9.17) is 4.74 Å². The molecule has 2 heteroatoms. The van der Waals surface area contributed by atoms with E-state index in [-0.39, 0.29) is 11.6 Å². The highest BCUT2D eigenvalue weighted by molar-refractivity contribution is 5.28. The number of hydrogen-bond donors (Lipinski definition) is 1. The molecular weight excluding hydrogens is 222 g/mol. The summed E-state index contributed by atoms with van der Waals surface area (Å²) in [4.78, 5) is 0. The summed E-state index contributed by atoms with van der Waals surface area (Å²) in [6, 6.07) is 8.38. The maximum atomic E-state index is 5.72. The van der Waals surface area contributed by atoms with Gasteiger partial charge in [0.25, 0.3) is 0 Å². The number of nitrogens with one attached hydrogen (secondary N) is 1. The Morgan fingerprint density at radius 2 is 2.06 bits per heavy atom. The Morgan fingerprint density at radius 3 is 2.67 bits per heavy atom. The van der Waals surface area contributed by atoms with Gasteiger partial charge in [0, 0.05) is 12.1 Å². The van der Waals surface area contributed by atoms with Gasteiger partial charge in [0.15, 0.2) is 0 Å². The van der Waals surface area contributed by atoms with Crippen LogP contribution < -0.4 is 10.1 Å². The van der Waals surface area contributed by atoms with E-state index in [9.17, 15) is 0 Å². The quantitative estimate of drug-likeness (QED) is 0.826. The van der Waals surface area contributed by atoms with Crippen LogP contribution >= 0.6 is 0 Å². The van der Waals surface area contributed by atoms with E-state index in [1.54, 1.807) is 0 Å². The van der Waals surface area contributed by atoms with E-state index in [0.717, 1.165) is 18.2 Å². The Bertz CT molecular complexity index is 394. The standard InChI is InChI=1S/C16H25NO/c1-12(2)18-15-7-5-6-13(10-15)11-17-16(3,4)14-8-9-14/h5-7,10,12,14,17H,8-9,11H2,1-4H3. The molecule has 0 aromatic heterocycles. The van der Waals surface area contributed by atoms with Gasteiger partial charge in [-0.25, -0.2) is 0 Å². The number of ether oxygens (including phenoxy) is 1. The highest BCUT2D eigenvalue weighted by Crippen LogP contribution is 2.39. The fourth-order valence-corrected chi connectivity index (χ4v) is 2.28. The number of benzene rings is 1. The van der Waals surface area contributed by atoms with Crippen molar-refractivity contribution in [3.8, 4) is 5.75 Å². The summed E-state index contributed by atoms with van der Waals surface area (Å²) in [6.45, 7) is 9.64. The Kier molecular flexibility index (Phi) is 3.96. The molecule has 0 heterocycles. The molecule has 1 saturated carbocycles. The zero-order valence-corrected chi connectivity index (χ0v) is 12.0. The van der Waals surface area contributed by atoms with E-state index < -0.39 is 0 Å². The molecule has 0 saturated heterocycles. The molecule has 0 unspecified atom stereocenters. The Hall–Kier alpha value is -1.02. The minimum absolute atomic E-state index is 0.233. The molecular formula is C16H25NO. The lowest BCUT2D eigenvalue weighted by Crippen LogP contribution is -2.40. The number of hydrogen-bond acceptors (Lipinski definition) is 2. The van der Waals surface area contributed by atoms with Crippen molar-refractivity contribution in [3.63, 3.8) is 0 Å². The molecule has 1 aliphatic carbocycles. The summed E-state index contributed by atoms with van der Waals surface area (Å²) in [5, 5.41) is 3.66. The topological polar surface area (TPSA) is 21.3 Å². The second-order valence-corrected chi connectivity index (χ2v) is 6.16. The van der Waals surface area contributed by atoms with E-state index in [1.165, 1.54) is 18.4 Å². The van der Waals surface area contributed by atoms with Crippen LogP contribution in [0.3, 0.4) is 0 Å². The Labute approximate surface area is 111 Å². The predicted molar refractivity (Wildman–Crippen MR) is 75.8 cm³/mol. The average molecular weight is 247 g/mol. The SMILES string of the molecule is CC(C)Oc1cccc(CNC(C)(C)C2CC2)c1. The maximum absolute atomic E-state index is 5.72. The van der Waals surface area contributed by atoms with Crippen molar-refractivity contribution in [1.82, 2.24) is 5.32 Å².